The van der Waals surface area contributed by atoms with Gasteiger partial charge in [-0.25, -0.2) is 4.68 Å². The Morgan fingerprint density at radius 3 is 2.48 bits per heavy atom. The summed E-state index contributed by atoms with van der Waals surface area (Å²) < 4.78 is 7.02. The fourth-order valence-corrected chi connectivity index (χ4v) is 2.52. The van der Waals surface area contributed by atoms with Crippen LogP contribution in [0.3, 0.4) is 0 Å². The number of fused-ring (bicyclic) bond motifs is 1. The van der Waals surface area contributed by atoms with Crippen LogP contribution in [0.4, 0.5) is 0 Å². The van der Waals surface area contributed by atoms with Crippen molar-refractivity contribution >= 4 is 10.9 Å². The minimum Gasteiger partial charge on any atom is -0.497 e. The molecule has 0 saturated carbocycles. The van der Waals surface area contributed by atoms with Crippen LogP contribution in [-0.2, 0) is 0 Å². The third-order valence-electron chi connectivity index (χ3n) is 3.71. The predicted octanol–water partition coefficient (Wildman–Crippen LogP) is 3.49. The molecule has 2 aromatic heterocycles. The van der Waals surface area contributed by atoms with Crippen LogP contribution in [0.15, 0.2) is 67.0 Å². The highest BCUT2D eigenvalue weighted by Gasteiger charge is 2.11. The van der Waals surface area contributed by atoms with E-state index in [-0.39, 0.29) is 0 Å². The Morgan fingerprint density at radius 1 is 0.957 bits per heavy atom. The molecule has 4 rings (SSSR count). The molecule has 112 valence electrons. The van der Waals surface area contributed by atoms with Gasteiger partial charge >= 0.3 is 0 Å². The second-order valence-corrected chi connectivity index (χ2v) is 5.13. The highest BCUT2D eigenvalue weighted by atomic mass is 16.5. The second kappa shape index (κ2) is 5.53. The lowest BCUT2D eigenvalue weighted by Crippen LogP contribution is -1.95. The van der Waals surface area contributed by atoms with E-state index in [1.54, 1.807) is 13.3 Å². The van der Waals surface area contributed by atoms with Crippen molar-refractivity contribution in [2.45, 2.75) is 0 Å². The molecule has 0 atom stereocenters. The summed E-state index contributed by atoms with van der Waals surface area (Å²) in [6, 6.07) is 17.7. The fourth-order valence-electron chi connectivity index (χ4n) is 2.52. The first kappa shape index (κ1) is 13.5. The zero-order valence-corrected chi connectivity index (χ0v) is 12.5. The van der Waals surface area contributed by atoms with Gasteiger partial charge in [-0.1, -0.05) is 30.3 Å². The van der Waals surface area contributed by atoms with Crippen LogP contribution in [0.25, 0.3) is 27.8 Å². The maximum Gasteiger partial charge on any atom is 0.122 e. The summed E-state index contributed by atoms with van der Waals surface area (Å²) in [4.78, 5) is 0. The normalized spacial score (nSPS) is 10.8. The molecule has 0 aliphatic heterocycles. The van der Waals surface area contributed by atoms with E-state index in [1.165, 1.54) is 0 Å². The van der Waals surface area contributed by atoms with Crippen LogP contribution in [0.5, 0.6) is 5.75 Å². The van der Waals surface area contributed by atoms with Gasteiger partial charge in [0.2, 0.25) is 0 Å². The van der Waals surface area contributed by atoms with Crippen molar-refractivity contribution in [2.24, 2.45) is 0 Å². The van der Waals surface area contributed by atoms with Crippen LogP contribution >= 0.6 is 0 Å². The van der Waals surface area contributed by atoms with Crippen LogP contribution in [0.1, 0.15) is 0 Å². The Kier molecular flexibility index (Phi) is 3.24. The third-order valence-corrected chi connectivity index (χ3v) is 3.71. The number of benzene rings is 2. The minimum absolute atomic E-state index is 0.787. The molecule has 0 radical (unpaired) electrons. The lowest BCUT2D eigenvalue weighted by molar-refractivity contribution is 0.414. The lowest BCUT2D eigenvalue weighted by atomic mass is 10.1. The van der Waals surface area contributed by atoms with Crippen molar-refractivity contribution in [1.29, 1.82) is 0 Å². The Hall–Kier alpha value is -3.21. The van der Waals surface area contributed by atoms with Crippen LogP contribution < -0.4 is 4.74 Å². The summed E-state index contributed by atoms with van der Waals surface area (Å²) >= 11 is 0. The smallest absolute Gasteiger partial charge is 0.122 e. The molecule has 2 aromatic carbocycles. The summed E-state index contributed by atoms with van der Waals surface area (Å²) in [7, 11) is 1.65. The minimum atomic E-state index is 0.787. The van der Waals surface area contributed by atoms with Gasteiger partial charge in [0.1, 0.15) is 17.0 Å². The molecular weight excluding hydrogens is 288 g/mol. The molecule has 0 saturated heterocycles. The Labute approximate surface area is 133 Å². The first-order chi connectivity index (χ1) is 11.3. The molecular formula is C18H14N4O. The molecule has 0 N–H and O–H groups in total. The summed E-state index contributed by atoms with van der Waals surface area (Å²) in [5.74, 6) is 0.818. The van der Waals surface area contributed by atoms with Crippen molar-refractivity contribution in [3.05, 3.63) is 67.0 Å². The number of aromatic nitrogens is 4. The van der Waals surface area contributed by atoms with Crippen molar-refractivity contribution in [2.75, 3.05) is 7.11 Å². The monoisotopic (exact) mass is 302 g/mol. The van der Waals surface area contributed by atoms with Gasteiger partial charge in [0.25, 0.3) is 0 Å². The largest absolute Gasteiger partial charge is 0.497 e. The van der Waals surface area contributed by atoms with E-state index in [2.05, 4.69) is 15.3 Å². The SMILES string of the molecule is COc1ccc(-n2cc3cnnc(-c4ccccc4)c3n2)cc1. The average Bonchev–Trinajstić information content (AvgIpc) is 3.06. The topological polar surface area (TPSA) is 52.8 Å². The number of methoxy groups -OCH3 is 1. The van der Waals surface area contributed by atoms with Gasteiger partial charge in [0.05, 0.1) is 19.0 Å². The van der Waals surface area contributed by atoms with E-state index in [0.29, 0.717) is 0 Å². The van der Waals surface area contributed by atoms with Crippen molar-refractivity contribution in [3.63, 3.8) is 0 Å². The van der Waals surface area contributed by atoms with Gasteiger partial charge in [-0.2, -0.15) is 10.2 Å². The second-order valence-electron chi connectivity index (χ2n) is 5.13. The van der Waals surface area contributed by atoms with E-state index in [9.17, 15) is 0 Å². The van der Waals surface area contributed by atoms with Gasteiger partial charge in [-0.05, 0) is 24.3 Å². The summed E-state index contributed by atoms with van der Waals surface area (Å²) in [5, 5.41) is 14.0. The highest BCUT2D eigenvalue weighted by molar-refractivity contribution is 5.90. The lowest BCUT2D eigenvalue weighted by Gasteiger charge is -2.03. The van der Waals surface area contributed by atoms with E-state index in [1.807, 2.05) is 65.5 Å². The molecule has 23 heavy (non-hydrogen) atoms. The Morgan fingerprint density at radius 2 is 1.74 bits per heavy atom. The quantitative estimate of drug-likeness (QED) is 0.581. The zero-order valence-electron chi connectivity index (χ0n) is 12.5. The van der Waals surface area contributed by atoms with E-state index >= 15 is 0 Å². The van der Waals surface area contributed by atoms with Gasteiger partial charge in [0.15, 0.2) is 0 Å². The summed E-state index contributed by atoms with van der Waals surface area (Å²) in [6.45, 7) is 0. The van der Waals surface area contributed by atoms with Crippen LogP contribution in [-0.4, -0.2) is 27.1 Å². The standard InChI is InChI=1S/C18H14N4O/c1-23-16-9-7-15(8-10-16)22-12-14-11-19-20-17(18(14)21-22)13-5-3-2-4-6-13/h2-12H,1H3. The number of rotatable bonds is 3. The molecule has 5 heteroatoms. The Bertz CT molecular complexity index is 946. The predicted molar refractivity (Wildman–Crippen MR) is 88.6 cm³/mol. The van der Waals surface area contributed by atoms with Gasteiger partial charge in [-0.15, -0.1) is 5.10 Å². The molecule has 4 aromatic rings. The maximum absolute atomic E-state index is 5.19. The number of hydrogen-bond acceptors (Lipinski definition) is 4. The van der Waals surface area contributed by atoms with E-state index < -0.39 is 0 Å². The highest BCUT2D eigenvalue weighted by Crippen LogP contribution is 2.25. The number of hydrogen-bond donors (Lipinski definition) is 0. The third kappa shape index (κ3) is 2.42. The Balaban J connectivity index is 1.84. The van der Waals surface area contributed by atoms with Crippen molar-refractivity contribution < 1.29 is 4.74 Å². The number of nitrogens with zero attached hydrogens (tertiary/aromatic N) is 4. The van der Waals surface area contributed by atoms with Crippen LogP contribution in [0.2, 0.25) is 0 Å². The van der Waals surface area contributed by atoms with E-state index in [4.69, 9.17) is 4.74 Å². The number of ether oxygens (including phenoxy) is 1. The molecule has 0 aliphatic rings. The fraction of sp³-hybridized carbons (Fsp3) is 0.0556. The molecule has 0 spiro atoms. The van der Waals surface area contributed by atoms with Gasteiger partial charge in [-0.3, -0.25) is 0 Å². The molecule has 5 nitrogen and oxygen atoms in total. The van der Waals surface area contributed by atoms with Crippen LogP contribution in [0, 0.1) is 0 Å². The zero-order chi connectivity index (χ0) is 15.6. The van der Waals surface area contributed by atoms with Gasteiger partial charge in [0, 0.05) is 17.1 Å². The van der Waals surface area contributed by atoms with Gasteiger partial charge < -0.3 is 4.74 Å². The molecule has 2 heterocycles. The average molecular weight is 302 g/mol. The molecule has 0 unspecified atom stereocenters. The van der Waals surface area contributed by atoms with E-state index in [0.717, 1.165) is 33.6 Å². The maximum atomic E-state index is 5.19. The molecule has 0 bridgehead atoms. The van der Waals surface area contributed by atoms with Crippen molar-refractivity contribution in [1.82, 2.24) is 20.0 Å². The molecule has 0 fully saturated rings. The summed E-state index contributed by atoms with van der Waals surface area (Å²) in [5.41, 5.74) is 3.59. The summed E-state index contributed by atoms with van der Waals surface area (Å²) in [6.07, 6.45) is 3.69. The molecule has 0 amide bonds. The van der Waals surface area contributed by atoms with Crippen molar-refractivity contribution in [3.8, 4) is 22.7 Å². The first-order valence-corrected chi connectivity index (χ1v) is 7.26. The molecule has 0 aliphatic carbocycles. The first-order valence-electron chi connectivity index (χ1n) is 7.26.